The summed E-state index contributed by atoms with van der Waals surface area (Å²) in [6.45, 7) is 2.70. The minimum atomic E-state index is -0.537. The van der Waals surface area contributed by atoms with Gasteiger partial charge in [-0.1, -0.05) is 19.1 Å². The molecule has 0 saturated carbocycles. The number of rotatable bonds is 5. The topological polar surface area (TPSA) is 55.1 Å². The lowest BCUT2D eigenvalue weighted by Gasteiger charge is -2.14. The highest BCUT2D eigenvalue weighted by Gasteiger charge is 2.16. The van der Waals surface area contributed by atoms with Gasteiger partial charge in [0, 0.05) is 0 Å². The zero-order valence-electron chi connectivity index (χ0n) is 8.66. The first kappa shape index (κ1) is 11.7. The standard InChI is InChI=1S/C11H15FN2O/c1-2-7-14-10(11(13)15)8-3-5-9(12)6-4-8/h3-6,10,14H,2,7H2,1H3,(H2,13,15). The van der Waals surface area contributed by atoms with Crippen LogP contribution in [0.25, 0.3) is 0 Å². The summed E-state index contributed by atoms with van der Waals surface area (Å²) < 4.78 is 12.7. The summed E-state index contributed by atoms with van der Waals surface area (Å²) in [5.41, 5.74) is 5.94. The predicted octanol–water partition coefficient (Wildman–Crippen LogP) is 1.35. The number of nitrogens with two attached hydrogens (primary N) is 1. The Morgan fingerprint density at radius 3 is 2.53 bits per heavy atom. The van der Waals surface area contributed by atoms with Crippen LogP contribution in [0.2, 0.25) is 0 Å². The molecular weight excluding hydrogens is 195 g/mol. The Kier molecular flexibility index (Phi) is 4.24. The molecule has 3 N–H and O–H groups in total. The molecule has 15 heavy (non-hydrogen) atoms. The van der Waals surface area contributed by atoms with Gasteiger partial charge in [-0.3, -0.25) is 4.79 Å². The SMILES string of the molecule is CCCNC(C(N)=O)c1ccc(F)cc1. The van der Waals surface area contributed by atoms with Crippen molar-refractivity contribution in [2.75, 3.05) is 6.54 Å². The number of halogens is 1. The number of benzene rings is 1. The van der Waals surface area contributed by atoms with Gasteiger partial charge in [-0.05, 0) is 30.7 Å². The van der Waals surface area contributed by atoms with Crippen LogP contribution in [0, 0.1) is 5.82 Å². The van der Waals surface area contributed by atoms with Gasteiger partial charge in [0.15, 0.2) is 0 Å². The second-order valence-electron chi connectivity index (χ2n) is 3.34. The molecule has 1 rings (SSSR count). The molecule has 0 fully saturated rings. The quantitative estimate of drug-likeness (QED) is 0.770. The van der Waals surface area contributed by atoms with Gasteiger partial charge in [0.25, 0.3) is 0 Å². The van der Waals surface area contributed by atoms with Gasteiger partial charge < -0.3 is 11.1 Å². The first-order valence-electron chi connectivity index (χ1n) is 4.93. The molecule has 1 aromatic carbocycles. The molecule has 1 amide bonds. The highest BCUT2D eigenvalue weighted by molar-refractivity contribution is 5.81. The largest absolute Gasteiger partial charge is 0.368 e. The molecule has 0 saturated heterocycles. The van der Waals surface area contributed by atoms with Gasteiger partial charge in [0.2, 0.25) is 5.91 Å². The van der Waals surface area contributed by atoms with Crippen LogP contribution in [0.5, 0.6) is 0 Å². The van der Waals surface area contributed by atoms with E-state index in [9.17, 15) is 9.18 Å². The average Bonchev–Trinajstić information content (AvgIpc) is 2.21. The monoisotopic (exact) mass is 210 g/mol. The van der Waals surface area contributed by atoms with Crippen molar-refractivity contribution >= 4 is 5.91 Å². The van der Waals surface area contributed by atoms with Crippen LogP contribution in [0.1, 0.15) is 24.9 Å². The number of nitrogens with one attached hydrogen (secondary N) is 1. The molecule has 0 aliphatic rings. The van der Waals surface area contributed by atoms with Crippen molar-refractivity contribution in [2.45, 2.75) is 19.4 Å². The Balaban J connectivity index is 2.79. The third-order valence-electron chi connectivity index (χ3n) is 2.09. The van der Waals surface area contributed by atoms with Gasteiger partial charge in [0.05, 0.1) is 0 Å². The lowest BCUT2D eigenvalue weighted by atomic mass is 10.1. The van der Waals surface area contributed by atoms with Crippen LogP contribution < -0.4 is 11.1 Å². The molecular formula is C11H15FN2O. The van der Waals surface area contributed by atoms with Gasteiger partial charge >= 0.3 is 0 Å². The van der Waals surface area contributed by atoms with E-state index < -0.39 is 11.9 Å². The predicted molar refractivity (Wildman–Crippen MR) is 56.6 cm³/mol. The normalized spacial score (nSPS) is 12.4. The smallest absolute Gasteiger partial charge is 0.239 e. The summed E-state index contributed by atoms with van der Waals surface area (Å²) in [6, 6.07) is 5.23. The molecule has 0 aliphatic carbocycles. The summed E-state index contributed by atoms with van der Waals surface area (Å²) in [5, 5.41) is 3.01. The number of carbonyl (C=O) groups excluding carboxylic acids is 1. The molecule has 0 radical (unpaired) electrons. The number of primary amides is 1. The second kappa shape index (κ2) is 5.46. The van der Waals surface area contributed by atoms with E-state index in [4.69, 9.17) is 5.73 Å². The van der Waals surface area contributed by atoms with Crippen LogP contribution in [-0.2, 0) is 4.79 Å². The van der Waals surface area contributed by atoms with E-state index >= 15 is 0 Å². The molecule has 0 heterocycles. The number of amides is 1. The lowest BCUT2D eigenvalue weighted by Crippen LogP contribution is -2.34. The molecule has 0 aliphatic heterocycles. The molecule has 1 unspecified atom stereocenters. The van der Waals surface area contributed by atoms with Crippen LogP contribution in [-0.4, -0.2) is 12.5 Å². The summed E-state index contributed by atoms with van der Waals surface area (Å²) in [6.07, 6.45) is 0.908. The highest BCUT2D eigenvalue weighted by Crippen LogP contribution is 2.13. The maximum absolute atomic E-state index is 12.7. The van der Waals surface area contributed by atoms with E-state index in [-0.39, 0.29) is 5.82 Å². The van der Waals surface area contributed by atoms with E-state index in [1.54, 1.807) is 12.1 Å². The summed E-state index contributed by atoms with van der Waals surface area (Å²) in [7, 11) is 0. The van der Waals surface area contributed by atoms with Gasteiger partial charge in [-0.2, -0.15) is 0 Å². The fourth-order valence-electron chi connectivity index (χ4n) is 1.33. The minimum absolute atomic E-state index is 0.322. The van der Waals surface area contributed by atoms with E-state index in [1.807, 2.05) is 6.92 Å². The van der Waals surface area contributed by atoms with E-state index in [0.29, 0.717) is 12.1 Å². The zero-order chi connectivity index (χ0) is 11.3. The van der Waals surface area contributed by atoms with E-state index in [1.165, 1.54) is 12.1 Å². The number of hydrogen-bond acceptors (Lipinski definition) is 2. The first-order valence-corrected chi connectivity index (χ1v) is 4.93. The van der Waals surface area contributed by atoms with Crippen molar-refractivity contribution < 1.29 is 9.18 Å². The van der Waals surface area contributed by atoms with Gasteiger partial charge in [0.1, 0.15) is 11.9 Å². The maximum atomic E-state index is 12.7. The van der Waals surface area contributed by atoms with E-state index in [2.05, 4.69) is 5.32 Å². The Hall–Kier alpha value is -1.42. The Labute approximate surface area is 88.5 Å². The minimum Gasteiger partial charge on any atom is -0.368 e. The van der Waals surface area contributed by atoms with Crippen molar-refractivity contribution in [1.29, 1.82) is 0 Å². The molecule has 0 spiro atoms. The van der Waals surface area contributed by atoms with Crippen LogP contribution >= 0.6 is 0 Å². The van der Waals surface area contributed by atoms with Crippen LogP contribution in [0.15, 0.2) is 24.3 Å². The van der Waals surface area contributed by atoms with Crippen molar-refractivity contribution in [3.05, 3.63) is 35.6 Å². The molecule has 1 atom stereocenters. The van der Waals surface area contributed by atoms with Gasteiger partial charge in [-0.15, -0.1) is 0 Å². The summed E-state index contributed by atoms with van der Waals surface area (Å²) in [4.78, 5) is 11.2. The van der Waals surface area contributed by atoms with Crippen molar-refractivity contribution in [3.63, 3.8) is 0 Å². The third kappa shape index (κ3) is 3.32. The Bertz CT molecular complexity index is 324. The molecule has 0 bridgehead atoms. The molecule has 82 valence electrons. The molecule has 1 aromatic rings. The third-order valence-corrected chi connectivity index (χ3v) is 2.09. The van der Waals surface area contributed by atoms with Crippen molar-refractivity contribution in [3.8, 4) is 0 Å². The second-order valence-corrected chi connectivity index (χ2v) is 3.34. The van der Waals surface area contributed by atoms with E-state index in [0.717, 1.165) is 6.42 Å². The van der Waals surface area contributed by atoms with Crippen LogP contribution in [0.3, 0.4) is 0 Å². The Morgan fingerprint density at radius 1 is 1.47 bits per heavy atom. The number of carbonyl (C=O) groups is 1. The molecule has 4 heteroatoms. The summed E-state index contributed by atoms with van der Waals surface area (Å²) in [5.74, 6) is -0.771. The van der Waals surface area contributed by atoms with Gasteiger partial charge in [-0.25, -0.2) is 4.39 Å². The fourth-order valence-corrected chi connectivity index (χ4v) is 1.33. The van der Waals surface area contributed by atoms with Crippen molar-refractivity contribution in [1.82, 2.24) is 5.32 Å². The highest BCUT2D eigenvalue weighted by atomic mass is 19.1. The zero-order valence-corrected chi connectivity index (χ0v) is 8.66. The summed E-state index contributed by atoms with van der Waals surface area (Å²) >= 11 is 0. The molecule has 3 nitrogen and oxygen atoms in total. The molecule has 0 aromatic heterocycles. The number of hydrogen-bond donors (Lipinski definition) is 2. The average molecular weight is 210 g/mol. The lowest BCUT2D eigenvalue weighted by molar-refractivity contribution is -0.120. The van der Waals surface area contributed by atoms with Crippen LogP contribution in [0.4, 0.5) is 4.39 Å². The first-order chi connectivity index (χ1) is 7.15. The fraction of sp³-hybridized carbons (Fsp3) is 0.364. The Morgan fingerprint density at radius 2 is 2.07 bits per heavy atom. The van der Waals surface area contributed by atoms with Crippen molar-refractivity contribution in [2.24, 2.45) is 5.73 Å². The maximum Gasteiger partial charge on any atom is 0.239 e.